The Hall–Kier alpha value is -1.88. The number of nitrogens with one attached hydrogen (secondary N) is 3. The summed E-state index contributed by atoms with van der Waals surface area (Å²) in [6.45, 7) is 8.66. The third-order valence-corrected chi connectivity index (χ3v) is 3.82. The zero-order valence-corrected chi connectivity index (χ0v) is 14.2. The lowest BCUT2D eigenvalue weighted by atomic mass is 9.97. The van der Waals surface area contributed by atoms with Crippen LogP contribution in [0.25, 0.3) is 0 Å². The lowest BCUT2D eigenvalue weighted by molar-refractivity contribution is 0.0922. The van der Waals surface area contributed by atoms with Crippen LogP contribution < -0.4 is 16.0 Å². The van der Waals surface area contributed by atoms with Crippen molar-refractivity contribution >= 4 is 11.8 Å². The van der Waals surface area contributed by atoms with E-state index in [2.05, 4.69) is 36.7 Å². The number of rotatable bonds is 4. The fourth-order valence-electron chi connectivity index (χ4n) is 2.46. The molecule has 126 valence electrons. The van der Waals surface area contributed by atoms with Gasteiger partial charge in [-0.2, -0.15) is 0 Å². The summed E-state index contributed by atoms with van der Waals surface area (Å²) >= 11 is 0. The van der Waals surface area contributed by atoms with E-state index < -0.39 is 0 Å². The van der Waals surface area contributed by atoms with Gasteiger partial charge in [0.05, 0.1) is 0 Å². The first kappa shape index (κ1) is 17.5. The van der Waals surface area contributed by atoms with E-state index in [9.17, 15) is 9.59 Å². The second-order valence-corrected chi connectivity index (χ2v) is 7.34. The van der Waals surface area contributed by atoms with Gasteiger partial charge in [-0.25, -0.2) is 0 Å². The number of carbonyl (C=O) groups is 2. The number of hydrogen-bond donors (Lipinski definition) is 3. The monoisotopic (exact) mass is 317 g/mol. The first-order chi connectivity index (χ1) is 10.8. The van der Waals surface area contributed by atoms with Gasteiger partial charge in [0.25, 0.3) is 11.8 Å². The predicted octanol–water partition coefficient (Wildman–Crippen LogP) is 1.94. The fourth-order valence-corrected chi connectivity index (χ4v) is 2.46. The van der Waals surface area contributed by atoms with Crippen LogP contribution in [0.1, 0.15) is 54.3 Å². The molecule has 1 aliphatic heterocycles. The third kappa shape index (κ3) is 5.67. The molecule has 1 aromatic rings. The molecule has 0 spiro atoms. The molecule has 5 heteroatoms. The second-order valence-electron chi connectivity index (χ2n) is 7.34. The standard InChI is InChI=1S/C18H27N3O2/c1-18(2,3)12-20-16(22)13-6-8-14(9-7-13)17(23)21-15-5-4-10-19-11-15/h6-9,15,19H,4-5,10-12H2,1-3H3,(H,20,22)(H,21,23). The quantitative estimate of drug-likeness (QED) is 0.795. The zero-order chi connectivity index (χ0) is 16.9. The van der Waals surface area contributed by atoms with E-state index in [1.807, 2.05) is 0 Å². The molecule has 1 fully saturated rings. The first-order valence-electron chi connectivity index (χ1n) is 8.25. The predicted molar refractivity (Wildman–Crippen MR) is 91.6 cm³/mol. The van der Waals surface area contributed by atoms with E-state index in [1.54, 1.807) is 24.3 Å². The Labute approximate surface area is 138 Å². The molecule has 0 aromatic heterocycles. The van der Waals surface area contributed by atoms with Crippen LogP contribution in [-0.4, -0.2) is 37.5 Å². The van der Waals surface area contributed by atoms with Crippen LogP contribution in [0.2, 0.25) is 0 Å². The van der Waals surface area contributed by atoms with Crippen molar-refractivity contribution in [1.82, 2.24) is 16.0 Å². The average molecular weight is 317 g/mol. The van der Waals surface area contributed by atoms with E-state index in [4.69, 9.17) is 0 Å². The van der Waals surface area contributed by atoms with Crippen molar-refractivity contribution in [2.45, 2.75) is 39.7 Å². The van der Waals surface area contributed by atoms with E-state index in [0.29, 0.717) is 17.7 Å². The maximum Gasteiger partial charge on any atom is 0.251 e. The second kappa shape index (κ2) is 7.59. The van der Waals surface area contributed by atoms with Crippen LogP contribution in [0, 0.1) is 5.41 Å². The van der Waals surface area contributed by atoms with Crippen molar-refractivity contribution in [3.8, 4) is 0 Å². The van der Waals surface area contributed by atoms with Crippen molar-refractivity contribution in [3.05, 3.63) is 35.4 Å². The zero-order valence-electron chi connectivity index (χ0n) is 14.2. The normalized spacial score (nSPS) is 18.3. The number of hydrogen-bond acceptors (Lipinski definition) is 3. The lowest BCUT2D eigenvalue weighted by Crippen LogP contribution is -2.45. The van der Waals surface area contributed by atoms with Gasteiger partial charge >= 0.3 is 0 Å². The fraction of sp³-hybridized carbons (Fsp3) is 0.556. The van der Waals surface area contributed by atoms with Gasteiger partial charge in [-0.15, -0.1) is 0 Å². The van der Waals surface area contributed by atoms with Crippen LogP contribution in [0.5, 0.6) is 0 Å². The van der Waals surface area contributed by atoms with E-state index >= 15 is 0 Å². The molecule has 2 amide bonds. The third-order valence-electron chi connectivity index (χ3n) is 3.82. The Kier molecular flexibility index (Phi) is 5.77. The van der Waals surface area contributed by atoms with E-state index in [0.717, 1.165) is 25.9 Å². The van der Waals surface area contributed by atoms with Gasteiger partial charge in [-0.05, 0) is 49.1 Å². The minimum atomic E-state index is -0.108. The summed E-state index contributed by atoms with van der Waals surface area (Å²) < 4.78 is 0. The molecular weight excluding hydrogens is 290 g/mol. The van der Waals surface area contributed by atoms with Crippen LogP contribution in [0.15, 0.2) is 24.3 Å². The average Bonchev–Trinajstić information content (AvgIpc) is 2.53. The molecule has 5 nitrogen and oxygen atoms in total. The van der Waals surface area contributed by atoms with Gasteiger partial charge in [0.15, 0.2) is 0 Å². The molecule has 1 heterocycles. The SMILES string of the molecule is CC(C)(C)CNC(=O)c1ccc(C(=O)NC2CCCNC2)cc1. The Morgan fingerprint density at radius 1 is 1.13 bits per heavy atom. The molecule has 0 saturated carbocycles. The highest BCUT2D eigenvalue weighted by atomic mass is 16.2. The van der Waals surface area contributed by atoms with Gasteiger partial charge in [0.1, 0.15) is 0 Å². The molecule has 0 aliphatic carbocycles. The summed E-state index contributed by atoms with van der Waals surface area (Å²) in [6, 6.07) is 7.00. The molecule has 3 N–H and O–H groups in total. The Bertz CT molecular complexity index is 540. The van der Waals surface area contributed by atoms with Crippen molar-refractivity contribution in [2.75, 3.05) is 19.6 Å². The van der Waals surface area contributed by atoms with Gasteiger partial charge in [0.2, 0.25) is 0 Å². The summed E-state index contributed by atoms with van der Waals surface area (Å²) in [7, 11) is 0. The summed E-state index contributed by atoms with van der Waals surface area (Å²) in [5, 5.41) is 9.21. The van der Waals surface area contributed by atoms with E-state index in [-0.39, 0.29) is 23.3 Å². The topological polar surface area (TPSA) is 70.2 Å². The smallest absolute Gasteiger partial charge is 0.251 e. The Morgan fingerprint density at radius 3 is 2.26 bits per heavy atom. The molecule has 2 rings (SSSR count). The van der Waals surface area contributed by atoms with Crippen molar-refractivity contribution in [1.29, 1.82) is 0 Å². The van der Waals surface area contributed by atoms with Gasteiger partial charge in [-0.1, -0.05) is 20.8 Å². The van der Waals surface area contributed by atoms with E-state index in [1.165, 1.54) is 0 Å². The lowest BCUT2D eigenvalue weighted by Gasteiger charge is -2.23. The van der Waals surface area contributed by atoms with Crippen molar-refractivity contribution in [3.63, 3.8) is 0 Å². The summed E-state index contributed by atoms with van der Waals surface area (Å²) in [5.74, 6) is -0.191. The van der Waals surface area contributed by atoms with Gasteiger partial charge in [-0.3, -0.25) is 9.59 Å². The summed E-state index contributed by atoms with van der Waals surface area (Å²) in [5.41, 5.74) is 1.21. The highest BCUT2D eigenvalue weighted by Crippen LogP contribution is 2.11. The first-order valence-corrected chi connectivity index (χ1v) is 8.25. The molecule has 1 aliphatic rings. The van der Waals surface area contributed by atoms with Gasteiger partial charge in [0, 0.05) is 30.3 Å². The molecule has 1 saturated heterocycles. The van der Waals surface area contributed by atoms with Crippen LogP contribution in [-0.2, 0) is 0 Å². The molecule has 1 aromatic carbocycles. The number of carbonyl (C=O) groups excluding carboxylic acids is 2. The van der Waals surface area contributed by atoms with Crippen LogP contribution in [0.3, 0.4) is 0 Å². The molecule has 1 atom stereocenters. The number of benzene rings is 1. The molecule has 1 unspecified atom stereocenters. The Morgan fingerprint density at radius 2 is 1.74 bits per heavy atom. The molecule has 0 radical (unpaired) electrons. The van der Waals surface area contributed by atoms with Gasteiger partial charge < -0.3 is 16.0 Å². The summed E-state index contributed by atoms with van der Waals surface area (Å²) in [6.07, 6.45) is 2.09. The van der Waals surface area contributed by atoms with Crippen LogP contribution >= 0.6 is 0 Å². The summed E-state index contributed by atoms with van der Waals surface area (Å²) in [4.78, 5) is 24.3. The highest BCUT2D eigenvalue weighted by molar-refractivity contribution is 5.97. The minimum absolute atomic E-state index is 0.0452. The number of amides is 2. The molecular formula is C18H27N3O2. The number of piperidine rings is 1. The molecule has 23 heavy (non-hydrogen) atoms. The maximum absolute atomic E-state index is 12.2. The van der Waals surface area contributed by atoms with Crippen molar-refractivity contribution in [2.24, 2.45) is 5.41 Å². The minimum Gasteiger partial charge on any atom is -0.352 e. The molecule has 0 bridgehead atoms. The van der Waals surface area contributed by atoms with Crippen molar-refractivity contribution < 1.29 is 9.59 Å². The Balaban J connectivity index is 1.90. The largest absolute Gasteiger partial charge is 0.352 e. The maximum atomic E-state index is 12.2. The highest BCUT2D eigenvalue weighted by Gasteiger charge is 2.17. The van der Waals surface area contributed by atoms with Crippen LogP contribution in [0.4, 0.5) is 0 Å².